The molecule has 1 amide bonds. The van der Waals surface area contributed by atoms with Gasteiger partial charge in [0, 0.05) is 13.1 Å². The molecule has 1 heterocycles. The molecule has 0 aromatic heterocycles. The summed E-state index contributed by atoms with van der Waals surface area (Å²) < 4.78 is 5.26. The quantitative estimate of drug-likeness (QED) is 0.737. The number of amides is 1. The number of hydrogen-bond acceptors (Lipinski definition) is 4. The molecule has 2 fully saturated rings. The standard InChI is InChI=1S/C13H22N2O4/c1-2-15(10-7-19-6-9(10)11(16)17)12(18)13(8-14)4-3-5-13/h9-10H,2-8,14H2,1H3,(H,16,17). The van der Waals surface area contributed by atoms with Crippen molar-refractivity contribution in [2.45, 2.75) is 32.2 Å². The van der Waals surface area contributed by atoms with E-state index >= 15 is 0 Å². The summed E-state index contributed by atoms with van der Waals surface area (Å²) >= 11 is 0. The van der Waals surface area contributed by atoms with Crippen molar-refractivity contribution >= 4 is 11.9 Å². The average Bonchev–Trinajstić information content (AvgIpc) is 2.78. The number of carbonyl (C=O) groups excluding carboxylic acids is 1. The van der Waals surface area contributed by atoms with E-state index < -0.39 is 17.3 Å². The van der Waals surface area contributed by atoms with E-state index in [2.05, 4.69) is 0 Å². The number of aliphatic carboxylic acids is 1. The SMILES string of the molecule is CCN(C(=O)C1(CN)CCC1)C1COCC1C(=O)O. The normalized spacial score (nSPS) is 28.7. The fourth-order valence-electron chi connectivity index (χ4n) is 3.03. The molecule has 3 N–H and O–H groups in total. The van der Waals surface area contributed by atoms with Gasteiger partial charge in [-0.15, -0.1) is 0 Å². The average molecular weight is 270 g/mol. The molecule has 0 aromatic rings. The first kappa shape index (κ1) is 14.3. The Morgan fingerprint density at radius 3 is 2.53 bits per heavy atom. The fourth-order valence-corrected chi connectivity index (χ4v) is 3.03. The van der Waals surface area contributed by atoms with Crippen molar-refractivity contribution in [3.05, 3.63) is 0 Å². The van der Waals surface area contributed by atoms with Crippen LogP contribution < -0.4 is 5.73 Å². The highest BCUT2D eigenvalue weighted by atomic mass is 16.5. The first-order chi connectivity index (χ1) is 9.05. The Hall–Kier alpha value is -1.14. The Morgan fingerprint density at radius 2 is 2.11 bits per heavy atom. The lowest BCUT2D eigenvalue weighted by Gasteiger charge is -2.44. The Kier molecular flexibility index (Phi) is 4.10. The van der Waals surface area contributed by atoms with Gasteiger partial charge in [0.2, 0.25) is 5.91 Å². The van der Waals surface area contributed by atoms with E-state index in [0.717, 1.165) is 19.3 Å². The second-order valence-corrected chi connectivity index (χ2v) is 5.48. The van der Waals surface area contributed by atoms with Gasteiger partial charge in [-0.1, -0.05) is 6.42 Å². The summed E-state index contributed by atoms with van der Waals surface area (Å²) in [6.45, 7) is 3.20. The maximum absolute atomic E-state index is 12.7. The van der Waals surface area contributed by atoms with Crippen LogP contribution in [0.4, 0.5) is 0 Å². The highest BCUT2D eigenvalue weighted by Crippen LogP contribution is 2.42. The summed E-state index contributed by atoms with van der Waals surface area (Å²) in [5.41, 5.74) is 5.30. The molecular formula is C13H22N2O4. The van der Waals surface area contributed by atoms with Crippen LogP contribution >= 0.6 is 0 Å². The van der Waals surface area contributed by atoms with Crippen LogP contribution in [0.5, 0.6) is 0 Å². The topological polar surface area (TPSA) is 92.9 Å². The molecule has 2 aliphatic rings. The Balaban J connectivity index is 2.15. The first-order valence-corrected chi connectivity index (χ1v) is 6.87. The zero-order valence-corrected chi connectivity index (χ0v) is 11.3. The molecule has 19 heavy (non-hydrogen) atoms. The third kappa shape index (κ3) is 2.34. The minimum Gasteiger partial charge on any atom is -0.481 e. The number of carbonyl (C=O) groups is 2. The summed E-state index contributed by atoms with van der Waals surface area (Å²) in [6, 6.07) is -0.362. The molecule has 6 heteroatoms. The number of likely N-dealkylation sites (N-methyl/N-ethyl adjacent to an activating group) is 1. The molecular weight excluding hydrogens is 248 g/mol. The minimum atomic E-state index is -0.899. The van der Waals surface area contributed by atoms with Crippen molar-refractivity contribution in [3.8, 4) is 0 Å². The maximum atomic E-state index is 12.7. The Morgan fingerprint density at radius 1 is 1.42 bits per heavy atom. The van der Waals surface area contributed by atoms with Crippen LogP contribution in [-0.2, 0) is 14.3 Å². The van der Waals surface area contributed by atoms with E-state index in [0.29, 0.717) is 19.7 Å². The molecule has 2 unspecified atom stereocenters. The number of carboxylic acids is 1. The molecule has 1 aliphatic carbocycles. The van der Waals surface area contributed by atoms with Crippen LogP contribution in [0.25, 0.3) is 0 Å². The van der Waals surface area contributed by atoms with E-state index in [1.54, 1.807) is 4.90 Å². The Labute approximate surface area is 112 Å². The molecule has 0 spiro atoms. The second kappa shape index (κ2) is 5.46. The summed E-state index contributed by atoms with van der Waals surface area (Å²) in [4.78, 5) is 25.5. The van der Waals surface area contributed by atoms with Crippen molar-refractivity contribution in [2.24, 2.45) is 17.1 Å². The lowest BCUT2D eigenvalue weighted by atomic mass is 9.67. The molecule has 6 nitrogen and oxygen atoms in total. The second-order valence-electron chi connectivity index (χ2n) is 5.48. The van der Waals surface area contributed by atoms with Gasteiger partial charge in [-0.2, -0.15) is 0 Å². The fraction of sp³-hybridized carbons (Fsp3) is 0.846. The molecule has 1 saturated heterocycles. The van der Waals surface area contributed by atoms with Crippen molar-refractivity contribution in [1.82, 2.24) is 4.90 Å². The lowest BCUT2D eigenvalue weighted by Crippen LogP contribution is -2.56. The molecule has 108 valence electrons. The van der Waals surface area contributed by atoms with E-state index in [1.807, 2.05) is 6.92 Å². The zero-order chi connectivity index (χ0) is 14.0. The van der Waals surface area contributed by atoms with E-state index in [1.165, 1.54) is 0 Å². The molecule has 2 atom stereocenters. The first-order valence-electron chi connectivity index (χ1n) is 6.87. The largest absolute Gasteiger partial charge is 0.481 e. The number of rotatable bonds is 5. The van der Waals surface area contributed by atoms with Gasteiger partial charge < -0.3 is 20.5 Å². The third-order valence-corrected chi connectivity index (χ3v) is 4.52. The number of carboxylic acid groups (broad SMARTS) is 1. The minimum absolute atomic E-state index is 0.00509. The van der Waals surface area contributed by atoms with Crippen LogP contribution in [0.3, 0.4) is 0 Å². The molecule has 0 bridgehead atoms. The summed E-state index contributed by atoms with van der Waals surface area (Å²) in [5, 5.41) is 9.20. The van der Waals surface area contributed by atoms with Gasteiger partial charge in [0.05, 0.1) is 24.7 Å². The van der Waals surface area contributed by atoms with Gasteiger partial charge in [-0.25, -0.2) is 0 Å². The molecule has 1 aliphatic heterocycles. The summed E-state index contributed by atoms with van der Waals surface area (Å²) in [7, 11) is 0. The third-order valence-electron chi connectivity index (χ3n) is 4.52. The molecule has 0 radical (unpaired) electrons. The van der Waals surface area contributed by atoms with Crippen LogP contribution in [0.15, 0.2) is 0 Å². The lowest BCUT2D eigenvalue weighted by molar-refractivity contribution is -0.152. The predicted molar refractivity (Wildman–Crippen MR) is 68.5 cm³/mol. The maximum Gasteiger partial charge on any atom is 0.311 e. The summed E-state index contributed by atoms with van der Waals surface area (Å²) in [5.74, 6) is -1.52. The number of hydrogen-bond donors (Lipinski definition) is 2. The van der Waals surface area contributed by atoms with E-state index in [-0.39, 0.29) is 18.6 Å². The van der Waals surface area contributed by atoms with Gasteiger partial charge in [-0.05, 0) is 19.8 Å². The molecule has 0 aromatic carbocycles. The Bertz CT molecular complexity index is 362. The van der Waals surface area contributed by atoms with Crippen LogP contribution in [0.1, 0.15) is 26.2 Å². The molecule has 1 saturated carbocycles. The predicted octanol–water partition coefficient (Wildman–Crippen LogP) is 0.0635. The van der Waals surface area contributed by atoms with Gasteiger partial charge >= 0.3 is 5.97 Å². The van der Waals surface area contributed by atoms with Crippen molar-refractivity contribution in [2.75, 3.05) is 26.3 Å². The van der Waals surface area contributed by atoms with E-state index in [4.69, 9.17) is 10.5 Å². The van der Waals surface area contributed by atoms with Crippen molar-refractivity contribution < 1.29 is 19.4 Å². The van der Waals surface area contributed by atoms with Gasteiger partial charge in [0.1, 0.15) is 5.92 Å². The highest BCUT2D eigenvalue weighted by molar-refractivity contribution is 5.85. The van der Waals surface area contributed by atoms with Gasteiger partial charge in [-0.3, -0.25) is 9.59 Å². The van der Waals surface area contributed by atoms with Crippen molar-refractivity contribution in [3.63, 3.8) is 0 Å². The zero-order valence-electron chi connectivity index (χ0n) is 11.3. The monoisotopic (exact) mass is 270 g/mol. The number of nitrogens with zero attached hydrogens (tertiary/aromatic N) is 1. The number of ether oxygens (including phenoxy) is 1. The number of nitrogens with two attached hydrogens (primary N) is 1. The van der Waals surface area contributed by atoms with Gasteiger partial charge in [0.25, 0.3) is 0 Å². The van der Waals surface area contributed by atoms with Gasteiger partial charge in [0.15, 0.2) is 0 Å². The molecule has 2 rings (SSSR count). The highest BCUT2D eigenvalue weighted by Gasteiger charge is 2.48. The summed E-state index contributed by atoms with van der Waals surface area (Å²) in [6.07, 6.45) is 2.64. The van der Waals surface area contributed by atoms with E-state index in [9.17, 15) is 14.7 Å². The van der Waals surface area contributed by atoms with Crippen molar-refractivity contribution in [1.29, 1.82) is 0 Å². The van der Waals surface area contributed by atoms with Crippen LogP contribution in [-0.4, -0.2) is 54.2 Å². The van der Waals surface area contributed by atoms with Crippen LogP contribution in [0, 0.1) is 11.3 Å². The van der Waals surface area contributed by atoms with Crippen LogP contribution in [0.2, 0.25) is 0 Å². The smallest absolute Gasteiger partial charge is 0.311 e.